The molecule has 1 aromatic carbocycles. The number of alkyl carbamates (subject to hydrolysis) is 1. The zero-order valence-electron chi connectivity index (χ0n) is 13.3. The Morgan fingerprint density at radius 3 is 2.05 bits per heavy atom. The molecular formula is C14H18BF3KNO2. The molecule has 1 saturated carbocycles. The molecule has 0 unspecified atom stereocenters. The molecule has 0 radical (unpaired) electrons. The zero-order chi connectivity index (χ0) is 15.9. The van der Waals surface area contributed by atoms with Crippen molar-refractivity contribution in [2.24, 2.45) is 0 Å². The topological polar surface area (TPSA) is 38.3 Å². The maximum Gasteiger partial charge on any atom is 1.00 e. The fraction of sp³-hybridized carbons (Fsp3) is 0.500. The number of halogens is 3. The Bertz CT molecular complexity index is 537. The summed E-state index contributed by atoms with van der Waals surface area (Å²) in [6.45, 7) is 0.278. The second kappa shape index (κ2) is 6.85. The van der Waals surface area contributed by atoms with Gasteiger partial charge in [-0.3, -0.25) is 0 Å². The van der Waals surface area contributed by atoms with Crippen LogP contribution >= 0.6 is 0 Å². The average molecular weight is 339 g/mol. The van der Waals surface area contributed by atoms with E-state index in [2.05, 4.69) is 5.32 Å². The second-order valence-electron chi connectivity index (χ2n) is 6.41. The van der Waals surface area contributed by atoms with Gasteiger partial charge in [-0.2, -0.15) is 0 Å². The van der Waals surface area contributed by atoms with E-state index >= 15 is 0 Å². The number of amides is 1. The van der Waals surface area contributed by atoms with E-state index in [1.165, 1.54) is 12.1 Å². The minimum absolute atomic E-state index is 0. The first-order valence-electron chi connectivity index (χ1n) is 6.83. The Morgan fingerprint density at radius 1 is 1.18 bits per heavy atom. The fourth-order valence-electron chi connectivity index (χ4n) is 2.13. The molecule has 1 aliphatic rings. The second-order valence-corrected chi connectivity index (χ2v) is 6.41. The molecule has 22 heavy (non-hydrogen) atoms. The normalized spacial score (nSPS) is 16.5. The van der Waals surface area contributed by atoms with Gasteiger partial charge in [0.2, 0.25) is 0 Å². The van der Waals surface area contributed by atoms with Crippen LogP contribution in [0.25, 0.3) is 0 Å². The van der Waals surface area contributed by atoms with E-state index in [-0.39, 0.29) is 51.4 Å². The van der Waals surface area contributed by atoms with Gasteiger partial charge in [0.05, 0.1) is 5.54 Å². The molecule has 0 heterocycles. The smallest absolute Gasteiger partial charge is 0.445 e. The van der Waals surface area contributed by atoms with Crippen molar-refractivity contribution in [2.75, 3.05) is 0 Å². The molecule has 1 aromatic rings. The number of carbonyl (C=O) groups is 1. The van der Waals surface area contributed by atoms with Crippen LogP contribution in [-0.2, 0) is 10.3 Å². The van der Waals surface area contributed by atoms with Gasteiger partial charge in [0, 0.05) is 0 Å². The predicted octanol–water partition coefficient (Wildman–Crippen LogP) is 0.259. The summed E-state index contributed by atoms with van der Waals surface area (Å²) >= 11 is 0. The van der Waals surface area contributed by atoms with Gasteiger partial charge in [0.1, 0.15) is 5.60 Å². The first-order valence-corrected chi connectivity index (χ1v) is 6.83. The van der Waals surface area contributed by atoms with Crippen LogP contribution in [0.2, 0.25) is 0 Å². The van der Waals surface area contributed by atoms with E-state index in [0.717, 1.165) is 12.1 Å². The van der Waals surface area contributed by atoms with Crippen molar-refractivity contribution in [3.05, 3.63) is 29.8 Å². The van der Waals surface area contributed by atoms with Crippen LogP contribution in [0.3, 0.4) is 0 Å². The van der Waals surface area contributed by atoms with Gasteiger partial charge < -0.3 is 23.0 Å². The molecule has 0 saturated heterocycles. The summed E-state index contributed by atoms with van der Waals surface area (Å²) in [5.41, 5.74) is -1.15. The summed E-state index contributed by atoms with van der Waals surface area (Å²) in [5, 5.41) is 2.76. The Balaban J connectivity index is 0.00000242. The van der Waals surface area contributed by atoms with E-state index in [1.807, 2.05) is 0 Å². The largest absolute Gasteiger partial charge is 1.00 e. The van der Waals surface area contributed by atoms with Crippen LogP contribution in [0.15, 0.2) is 24.3 Å². The van der Waals surface area contributed by atoms with Crippen molar-refractivity contribution < 1.29 is 73.9 Å². The summed E-state index contributed by atoms with van der Waals surface area (Å²) < 4.78 is 43.0. The van der Waals surface area contributed by atoms with Gasteiger partial charge in [-0.05, 0) is 39.2 Å². The maximum atomic E-state index is 12.6. The maximum absolute atomic E-state index is 12.6. The Hall–Kier alpha value is -0.0187. The molecule has 8 heteroatoms. The zero-order valence-corrected chi connectivity index (χ0v) is 16.4. The summed E-state index contributed by atoms with van der Waals surface area (Å²) in [6.07, 6.45) is 0.843. The molecule has 0 atom stereocenters. The molecule has 2 rings (SSSR count). The van der Waals surface area contributed by atoms with Crippen LogP contribution in [-0.4, -0.2) is 18.7 Å². The van der Waals surface area contributed by atoms with Gasteiger partial charge >= 0.3 is 64.5 Å². The number of rotatable bonds is 3. The third-order valence-electron chi connectivity index (χ3n) is 3.33. The van der Waals surface area contributed by atoms with Crippen molar-refractivity contribution in [3.63, 3.8) is 0 Å². The molecule has 1 N–H and O–H groups in total. The van der Waals surface area contributed by atoms with E-state index in [0.29, 0.717) is 18.4 Å². The molecule has 3 nitrogen and oxygen atoms in total. The molecule has 1 fully saturated rings. The summed E-state index contributed by atoms with van der Waals surface area (Å²) in [6, 6.07) is 4.97. The van der Waals surface area contributed by atoms with Crippen molar-refractivity contribution in [1.29, 1.82) is 0 Å². The van der Waals surface area contributed by atoms with Gasteiger partial charge in [-0.15, -0.1) is 5.46 Å². The number of nitrogens with one attached hydrogen (secondary N) is 1. The predicted molar refractivity (Wildman–Crippen MR) is 75.4 cm³/mol. The Kier molecular flexibility index (Phi) is 6.23. The minimum atomic E-state index is -4.99. The Labute approximate surface area is 170 Å². The quantitative estimate of drug-likeness (QED) is 0.803. The monoisotopic (exact) mass is 339 g/mol. The molecule has 116 valence electrons. The van der Waals surface area contributed by atoms with Crippen molar-refractivity contribution in [2.45, 2.75) is 44.8 Å². The van der Waals surface area contributed by atoms with Crippen molar-refractivity contribution in [3.8, 4) is 0 Å². The third-order valence-corrected chi connectivity index (χ3v) is 3.33. The number of carbonyl (C=O) groups excluding carboxylic acids is 1. The number of hydrogen-bond acceptors (Lipinski definition) is 2. The van der Waals surface area contributed by atoms with E-state index < -0.39 is 29.7 Å². The van der Waals surface area contributed by atoms with E-state index in [1.54, 1.807) is 20.8 Å². The first kappa shape index (κ1) is 20.0. The number of ether oxygens (including phenoxy) is 1. The van der Waals surface area contributed by atoms with Crippen LogP contribution in [0.1, 0.15) is 39.2 Å². The molecule has 0 bridgehead atoms. The minimum Gasteiger partial charge on any atom is -0.445 e. The van der Waals surface area contributed by atoms with E-state index in [9.17, 15) is 17.7 Å². The SMILES string of the molecule is CC(C)(C)OC(=O)NC1(c2ccc([B-](F)(F)F)cc2)CC1.[K+]. The van der Waals surface area contributed by atoms with Crippen molar-refractivity contribution >= 4 is 18.5 Å². The molecule has 1 aliphatic carbocycles. The molecule has 0 aromatic heterocycles. The summed E-state index contributed by atoms with van der Waals surface area (Å²) in [7, 11) is 0. The van der Waals surface area contributed by atoms with Crippen LogP contribution in [0.5, 0.6) is 0 Å². The fourth-order valence-corrected chi connectivity index (χ4v) is 2.13. The average Bonchev–Trinajstić information content (AvgIpc) is 3.06. The molecule has 1 amide bonds. The van der Waals surface area contributed by atoms with Gasteiger partial charge in [-0.25, -0.2) is 4.79 Å². The molecule has 0 spiro atoms. The van der Waals surface area contributed by atoms with E-state index in [4.69, 9.17) is 4.74 Å². The van der Waals surface area contributed by atoms with Crippen LogP contribution in [0.4, 0.5) is 17.7 Å². The summed E-state index contributed by atoms with van der Waals surface area (Å²) in [4.78, 5) is 11.8. The van der Waals surface area contributed by atoms with Crippen LogP contribution in [0, 0.1) is 0 Å². The van der Waals surface area contributed by atoms with Crippen LogP contribution < -0.4 is 62.2 Å². The van der Waals surface area contributed by atoms with Gasteiger partial charge in [0.15, 0.2) is 0 Å². The summed E-state index contributed by atoms with van der Waals surface area (Å²) in [5.74, 6) is 0. The van der Waals surface area contributed by atoms with Crippen molar-refractivity contribution in [1.82, 2.24) is 5.32 Å². The van der Waals surface area contributed by atoms with Gasteiger partial charge in [0.25, 0.3) is 0 Å². The standard InChI is InChI=1S/C14H18BF3NO2.K/c1-13(2,3)21-12(20)19-14(8-9-14)10-4-6-11(7-5-10)15(16,17)18;/h4-7H,8-9H2,1-3H3,(H,19,20);/q-1;+1. The first-order chi connectivity index (χ1) is 9.52. The third kappa shape index (κ3) is 5.26. The Morgan fingerprint density at radius 2 is 1.68 bits per heavy atom. The molecule has 0 aliphatic heterocycles. The number of hydrogen-bond donors (Lipinski definition) is 1. The van der Waals surface area contributed by atoms with Gasteiger partial charge in [-0.1, -0.05) is 24.3 Å². The number of benzene rings is 1. The molecular weight excluding hydrogens is 321 g/mol.